The summed E-state index contributed by atoms with van der Waals surface area (Å²) in [5.41, 5.74) is 5.09. The van der Waals surface area contributed by atoms with E-state index in [-0.39, 0.29) is 48.6 Å². The monoisotopic (exact) mass is 371 g/mol. The zero-order valence-corrected chi connectivity index (χ0v) is 15.4. The Kier molecular flexibility index (Phi) is 9.62. The molecule has 0 fully saturated rings. The predicted molar refractivity (Wildman–Crippen MR) is 93.6 cm³/mol. The van der Waals surface area contributed by atoms with Crippen molar-refractivity contribution in [3.63, 3.8) is 0 Å². The molecule has 0 saturated heterocycles. The van der Waals surface area contributed by atoms with Gasteiger partial charge in [0.1, 0.15) is 5.82 Å². The second kappa shape index (κ2) is 11.4. The van der Waals surface area contributed by atoms with Crippen molar-refractivity contribution in [2.24, 2.45) is 11.7 Å². The first kappa shape index (κ1) is 21.9. The van der Waals surface area contributed by atoms with Gasteiger partial charge in [0, 0.05) is 18.4 Å². The fraction of sp³-hybridized carbons (Fsp3) is 0.579. The first-order valence-electron chi connectivity index (χ1n) is 8.80. The molecule has 0 radical (unpaired) electrons. The van der Waals surface area contributed by atoms with E-state index in [1.54, 1.807) is 0 Å². The van der Waals surface area contributed by atoms with Gasteiger partial charge < -0.3 is 15.2 Å². The minimum Gasteiger partial charge on any atom is -0.490 e. The molecule has 0 aromatic heterocycles. The minimum absolute atomic E-state index is 0.00175. The third-order valence-corrected chi connectivity index (χ3v) is 4.09. The van der Waals surface area contributed by atoms with Crippen LogP contribution in [0.3, 0.4) is 0 Å². The van der Waals surface area contributed by atoms with E-state index in [0.717, 1.165) is 0 Å². The molecule has 1 aromatic rings. The van der Waals surface area contributed by atoms with Gasteiger partial charge in [0.05, 0.1) is 13.7 Å². The Morgan fingerprint density at radius 3 is 2.54 bits per heavy atom. The maximum Gasteiger partial charge on any atom is 0.305 e. The first-order valence-corrected chi connectivity index (χ1v) is 8.80. The largest absolute Gasteiger partial charge is 0.490 e. The lowest BCUT2D eigenvalue weighted by Crippen LogP contribution is -2.15. The number of esters is 1. The van der Waals surface area contributed by atoms with Gasteiger partial charge in [-0.25, -0.2) is 8.78 Å². The van der Waals surface area contributed by atoms with Gasteiger partial charge >= 0.3 is 5.97 Å². The van der Waals surface area contributed by atoms with E-state index >= 15 is 0 Å². The van der Waals surface area contributed by atoms with Crippen LogP contribution < -0.4 is 10.5 Å². The van der Waals surface area contributed by atoms with Crippen molar-refractivity contribution in [1.82, 2.24) is 0 Å². The lowest BCUT2D eigenvalue weighted by Gasteiger charge is -2.14. The van der Waals surface area contributed by atoms with Crippen LogP contribution in [0.2, 0.25) is 0 Å². The minimum atomic E-state index is -0.694. The van der Waals surface area contributed by atoms with Crippen LogP contribution in [0.15, 0.2) is 12.1 Å². The number of ether oxygens (including phenoxy) is 2. The van der Waals surface area contributed by atoms with Crippen LogP contribution in [0.4, 0.5) is 8.78 Å². The molecular weight excluding hydrogens is 344 g/mol. The second-order valence-electron chi connectivity index (χ2n) is 6.40. The standard InChI is InChI=1S/C19H27F2NO4/c1-13(8-11-17(22)23)12-26-16-10-9-15(20)14(19(16)21)6-4-3-5-7-18(24)25-2/h9-10,13H,3-8,11-12H2,1-2H3,(H2,22,23)/t13-/m0/s1. The first-order chi connectivity index (χ1) is 12.3. The molecule has 0 spiro atoms. The van der Waals surface area contributed by atoms with E-state index in [4.69, 9.17) is 10.5 Å². The van der Waals surface area contributed by atoms with Crippen LogP contribution in [0.5, 0.6) is 5.75 Å². The molecule has 0 aliphatic carbocycles. The number of rotatable bonds is 12. The van der Waals surface area contributed by atoms with E-state index in [1.807, 2.05) is 6.92 Å². The SMILES string of the molecule is COC(=O)CCCCCc1c(F)ccc(OC[C@@H](C)CCC(N)=O)c1F. The summed E-state index contributed by atoms with van der Waals surface area (Å²) in [6, 6.07) is 2.46. The van der Waals surface area contributed by atoms with Crippen molar-refractivity contribution in [1.29, 1.82) is 0 Å². The predicted octanol–water partition coefficient (Wildman–Crippen LogP) is 3.52. The Morgan fingerprint density at radius 1 is 1.15 bits per heavy atom. The van der Waals surface area contributed by atoms with E-state index in [2.05, 4.69) is 4.74 Å². The Bertz CT molecular complexity index is 607. The fourth-order valence-corrected chi connectivity index (χ4v) is 2.47. The molecule has 26 heavy (non-hydrogen) atoms. The van der Waals surface area contributed by atoms with Gasteiger partial charge in [-0.05, 0) is 43.7 Å². The van der Waals surface area contributed by atoms with Gasteiger partial charge in [0.2, 0.25) is 5.91 Å². The van der Waals surface area contributed by atoms with Gasteiger partial charge in [-0.15, -0.1) is 0 Å². The quantitative estimate of drug-likeness (QED) is 0.450. The molecule has 1 amide bonds. The zero-order chi connectivity index (χ0) is 19.5. The maximum atomic E-state index is 14.5. The maximum absolute atomic E-state index is 14.5. The molecule has 0 saturated carbocycles. The number of unbranched alkanes of at least 4 members (excludes halogenated alkanes) is 2. The highest BCUT2D eigenvalue weighted by Crippen LogP contribution is 2.25. The van der Waals surface area contributed by atoms with Crippen molar-refractivity contribution in [3.05, 3.63) is 29.3 Å². The van der Waals surface area contributed by atoms with Crippen molar-refractivity contribution in [3.8, 4) is 5.75 Å². The number of halogens is 2. The number of hydrogen-bond acceptors (Lipinski definition) is 4. The number of carbonyl (C=O) groups is 2. The summed E-state index contributed by atoms with van der Waals surface area (Å²) in [4.78, 5) is 21.8. The molecule has 0 aliphatic rings. The van der Waals surface area contributed by atoms with Gasteiger partial charge in [-0.1, -0.05) is 13.3 Å². The highest BCUT2D eigenvalue weighted by Gasteiger charge is 2.15. The molecule has 0 bridgehead atoms. The fourth-order valence-electron chi connectivity index (χ4n) is 2.47. The molecule has 7 heteroatoms. The van der Waals surface area contributed by atoms with E-state index in [0.29, 0.717) is 32.1 Å². The Labute approximate surface area is 152 Å². The average Bonchev–Trinajstić information content (AvgIpc) is 2.61. The van der Waals surface area contributed by atoms with Gasteiger partial charge in [-0.2, -0.15) is 0 Å². The molecule has 0 heterocycles. The summed E-state index contributed by atoms with van der Waals surface area (Å²) in [6.07, 6.45) is 3.16. The highest BCUT2D eigenvalue weighted by atomic mass is 19.1. The van der Waals surface area contributed by atoms with Crippen LogP contribution in [0.25, 0.3) is 0 Å². The number of primary amides is 1. The molecule has 146 valence electrons. The van der Waals surface area contributed by atoms with Gasteiger partial charge in [-0.3, -0.25) is 9.59 Å². The van der Waals surface area contributed by atoms with E-state index < -0.39 is 11.6 Å². The van der Waals surface area contributed by atoms with Crippen LogP contribution in [0, 0.1) is 17.6 Å². The number of nitrogens with two attached hydrogens (primary N) is 1. The van der Waals surface area contributed by atoms with Crippen molar-refractivity contribution >= 4 is 11.9 Å². The number of amides is 1. The number of benzene rings is 1. The van der Waals surface area contributed by atoms with Gasteiger partial charge in [0.15, 0.2) is 11.6 Å². The average molecular weight is 371 g/mol. The normalized spacial score (nSPS) is 11.8. The van der Waals surface area contributed by atoms with Crippen LogP contribution in [-0.4, -0.2) is 25.6 Å². The molecule has 1 atom stereocenters. The summed E-state index contributed by atoms with van der Waals surface area (Å²) in [7, 11) is 1.33. The Morgan fingerprint density at radius 2 is 1.88 bits per heavy atom. The summed E-state index contributed by atoms with van der Waals surface area (Å²) in [6.45, 7) is 2.08. The van der Waals surface area contributed by atoms with Crippen molar-refractivity contribution < 1.29 is 27.8 Å². The number of hydrogen-bond donors (Lipinski definition) is 1. The van der Waals surface area contributed by atoms with Crippen molar-refractivity contribution in [2.45, 2.75) is 51.9 Å². The zero-order valence-electron chi connectivity index (χ0n) is 15.4. The van der Waals surface area contributed by atoms with E-state index in [1.165, 1.54) is 19.2 Å². The Balaban J connectivity index is 2.53. The molecule has 1 aromatic carbocycles. The van der Waals surface area contributed by atoms with Crippen LogP contribution in [0.1, 0.15) is 51.0 Å². The highest BCUT2D eigenvalue weighted by molar-refractivity contribution is 5.73. The number of methoxy groups -OCH3 is 1. The summed E-state index contributed by atoms with van der Waals surface area (Å²) < 4.78 is 38.4. The summed E-state index contributed by atoms with van der Waals surface area (Å²) in [5, 5.41) is 0. The summed E-state index contributed by atoms with van der Waals surface area (Å²) >= 11 is 0. The van der Waals surface area contributed by atoms with Gasteiger partial charge in [0.25, 0.3) is 0 Å². The molecule has 1 rings (SSSR count). The molecule has 0 aliphatic heterocycles. The smallest absolute Gasteiger partial charge is 0.305 e. The molecular formula is C19H27F2NO4. The van der Waals surface area contributed by atoms with Crippen molar-refractivity contribution in [2.75, 3.05) is 13.7 Å². The topological polar surface area (TPSA) is 78.6 Å². The second-order valence-corrected chi connectivity index (χ2v) is 6.40. The van der Waals surface area contributed by atoms with E-state index in [9.17, 15) is 18.4 Å². The lowest BCUT2D eigenvalue weighted by molar-refractivity contribution is -0.140. The third-order valence-electron chi connectivity index (χ3n) is 4.09. The number of carbonyl (C=O) groups excluding carboxylic acids is 2. The molecule has 5 nitrogen and oxygen atoms in total. The third kappa shape index (κ3) is 7.80. The lowest BCUT2D eigenvalue weighted by atomic mass is 10.0. The Hall–Kier alpha value is -2.18. The van der Waals surface area contributed by atoms with Crippen LogP contribution >= 0.6 is 0 Å². The molecule has 2 N–H and O–H groups in total. The molecule has 0 unspecified atom stereocenters. The summed E-state index contributed by atoms with van der Waals surface area (Å²) in [5.74, 6) is -1.96. The van der Waals surface area contributed by atoms with Crippen LogP contribution in [-0.2, 0) is 20.7 Å².